The number of ether oxygens (including phenoxy) is 2. The van der Waals surface area contributed by atoms with Crippen LogP contribution in [0.3, 0.4) is 0 Å². The van der Waals surface area contributed by atoms with Gasteiger partial charge in [-0.15, -0.1) is 0 Å². The van der Waals surface area contributed by atoms with Gasteiger partial charge in [0.15, 0.2) is 4.80 Å². The first kappa shape index (κ1) is 30.0. The molecule has 0 spiro atoms. The molecule has 1 unspecified atom stereocenters. The van der Waals surface area contributed by atoms with Gasteiger partial charge in [0.25, 0.3) is 5.56 Å². The molecule has 1 aliphatic heterocycles. The van der Waals surface area contributed by atoms with E-state index in [9.17, 15) is 14.4 Å². The Kier molecular flexibility index (Phi) is 8.34. The van der Waals surface area contributed by atoms with Crippen molar-refractivity contribution in [3.63, 3.8) is 0 Å². The van der Waals surface area contributed by atoms with E-state index in [-0.39, 0.29) is 17.7 Å². The van der Waals surface area contributed by atoms with Crippen LogP contribution >= 0.6 is 22.9 Å². The van der Waals surface area contributed by atoms with E-state index in [1.807, 2.05) is 48.7 Å². The number of carbonyl (C=O) groups is 2. The molecule has 11 heteroatoms. The van der Waals surface area contributed by atoms with Crippen molar-refractivity contribution in [2.45, 2.75) is 26.8 Å². The van der Waals surface area contributed by atoms with E-state index in [4.69, 9.17) is 26.2 Å². The van der Waals surface area contributed by atoms with Crippen LogP contribution in [0.25, 0.3) is 23.0 Å². The second-order valence-corrected chi connectivity index (χ2v) is 11.6. The number of aromatic nitrogens is 3. The molecule has 2 aromatic heterocycles. The molecule has 0 bridgehead atoms. The summed E-state index contributed by atoms with van der Waals surface area (Å²) in [6.07, 6.45) is 3.67. The Morgan fingerprint density at radius 1 is 1.02 bits per heavy atom. The number of nitrogens with zero attached hydrogens (tertiary/aromatic N) is 4. The van der Waals surface area contributed by atoms with Gasteiger partial charge in [-0.2, -0.15) is 5.10 Å². The third-order valence-corrected chi connectivity index (χ3v) is 8.38. The number of hydrogen-bond acceptors (Lipinski definition) is 8. The predicted molar refractivity (Wildman–Crippen MR) is 172 cm³/mol. The quantitative estimate of drug-likeness (QED) is 0.179. The number of fused-ring (bicyclic) bond motifs is 1. The maximum atomic E-state index is 14.2. The SMILES string of the molecule is CCOC(=O)C1=C(C)N=c2s/c(=C/c3cn(-c4ccccc4)nc3-c3ccc(Cl)cc3)c(=O)n2C1c1ccc(OC(C)=O)cc1. The lowest BCUT2D eigenvalue weighted by molar-refractivity contribution is -0.139. The maximum Gasteiger partial charge on any atom is 0.338 e. The summed E-state index contributed by atoms with van der Waals surface area (Å²) in [5.41, 5.74) is 4.10. The Balaban J connectivity index is 1.53. The highest BCUT2D eigenvalue weighted by atomic mass is 35.5. The third kappa shape index (κ3) is 6.02. The van der Waals surface area contributed by atoms with Gasteiger partial charge in [0, 0.05) is 29.3 Å². The summed E-state index contributed by atoms with van der Waals surface area (Å²) >= 11 is 7.39. The van der Waals surface area contributed by atoms with Gasteiger partial charge >= 0.3 is 11.9 Å². The lowest BCUT2D eigenvalue weighted by Gasteiger charge is -2.24. The predicted octanol–water partition coefficient (Wildman–Crippen LogP) is 5.23. The van der Waals surface area contributed by atoms with Gasteiger partial charge < -0.3 is 9.47 Å². The number of allylic oxidation sites excluding steroid dienone is 1. The summed E-state index contributed by atoms with van der Waals surface area (Å²) in [6, 6.07) is 22.9. The third-order valence-electron chi connectivity index (χ3n) is 7.14. The molecule has 0 radical (unpaired) electrons. The van der Waals surface area contributed by atoms with Crippen LogP contribution in [-0.2, 0) is 14.3 Å². The van der Waals surface area contributed by atoms with Crippen molar-refractivity contribution in [3.8, 4) is 22.7 Å². The number of esters is 2. The summed E-state index contributed by atoms with van der Waals surface area (Å²) in [4.78, 5) is 44.0. The Morgan fingerprint density at radius 2 is 1.73 bits per heavy atom. The summed E-state index contributed by atoms with van der Waals surface area (Å²) in [5, 5.41) is 5.46. The Bertz CT molecular complexity index is 2130. The fourth-order valence-electron chi connectivity index (χ4n) is 5.17. The lowest BCUT2D eigenvalue weighted by Crippen LogP contribution is -2.39. The molecule has 0 saturated heterocycles. The zero-order valence-corrected chi connectivity index (χ0v) is 26.1. The Labute approximate surface area is 267 Å². The first-order chi connectivity index (χ1) is 21.7. The molecular weight excluding hydrogens is 612 g/mol. The van der Waals surface area contributed by atoms with Gasteiger partial charge in [0.05, 0.1) is 34.1 Å². The van der Waals surface area contributed by atoms with Crippen LogP contribution in [0.4, 0.5) is 0 Å². The second kappa shape index (κ2) is 12.5. The van der Waals surface area contributed by atoms with Gasteiger partial charge in [-0.05, 0) is 61.9 Å². The summed E-state index contributed by atoms with van der Waals surface area (Å²) in [5.74, 6) is -0.661. The normalized spacial score (nSPS) is 14.6. The molecule has 45 heavy (non-hydrogen) atoms. The second-order valence-electron chi connectivity index (χ2n) is 10.2. The van der Waals surface area contributed by atoms with E-state index in [0.29, 0.717) is 37.1 Å². The summed E-state index contributed by atoms with van der Waals surface area (Å²) in [6.45, 7) is 4.93. The average molecular weight is 639 g/mol. The van der Waals surface area contributed by atoms with Crippen LogP contribution in [0, 0.1) is 0 Å². The van der Waals surface area contributed by atoms with E-state index in [1.165, 1.54) is 22.8 Å². The minimum absolute atomic E-state index is 0.164. The Hall–Kier alpha value is -5.06. The fourth-order valence-corrected chi connectivity index (χ4v) is 6.33. The van der Waals surface area contributed by atoms with Crippen LogP contribution in [-0.4, -0.2) is 32.9 Å². The Morgan fingerprint density at radius 3 is 2.40 bits per heavy atom. The van der Waals surface area contributed by atoms with E-state index >= 15 is 0 Å². The molecule has 0 saturated carbocycles. The van der Waals surface area contributed by atoms with Crippen molar-refractivity contribution in [2.75, 3.05) is 6.61 Å². The smallest absolute Gasteiger partial charge is 0.338 e. The van der Waals surface area contributed by atoms with Crippen LogP contribution in [0.5, 0.6) is 5.75 Å². The molecule has 0 N–H and O–H groups in total. The molecular formula is C34H27ClN4O5S. The molecule has 0 fully saturated rings. The van der Waals surface area contributed by atoms with Crippen LogP contribution in [0.15, 0.2) is 106 Å². The number of para-hydroxylation sites is 1. The summed E-state index contributed by atoms with van der Waals surface area (Å²) < 4.78 is 14.3. The molecule has 3 heterocycles. The van der Waals surface area contributed by atoms with Crippen LogP contribution in [0.1, 0.15) is 37.9 Å². The highest BCUT2D eigenvalue weighted by Gasteiger charge is 2.33. The number of halogens is 1. The molecule has 1 aliphatic rings. The number of hydrogen-bond donors (Lipinski definition) is 0. The standard InChI is InChI=1S/C34H27ClN4O5S/c1-4-43-33(42)29-20(2)36-34-39(31(29)23-12-16-27(17-13-23)44-21(3)40)32(41)28(45-34)18-24-19-38(26-8-6-5-7-9-26)37-30(24)22-10-14-25(35)15-11-22/h5-19,31H,4H2,1-3H3/b28-18+. The first-order valence-electron chi connectivity index (χ1n) is 14.1. The fraction of sp³-hybridized carbons (Fsp3) is 0.147. The van der Waals surface area contributed by atoms with Crippen molar-refractivity contribution in [2.24, 2.45) is 4.99 Å². The molecule has 5 aromatic rings. The van der Waals surface area contributed by atoms with Gasteiger partial charge in [0.2, 0.25) is 0 Å². The molecule has 226 valence electrons. The zero-order chi connectivity index (χ0) is 31.7. The van der Waals surface area contributed by atoms with Crippen molar-refractivity contribution in [1.82, 2.24) is 14.3 Å². The first-order valence-corrected chi connectivity index (χ1v) is 15.3. The van der Waals surface area contributed by atoms with Gasteiger partial charge in [0.1, 0.15) is 11.4 Å². The van der Waals surface area contributed by atoms with Crippen molar-refractivity contribution < 1.29 is 19.1 Å². The van der Waals surface area contributed by atoms with Gasteiger partial charge in [-0.1, -0.05) is 65.4 Å². The largest absolute Gasteiger partial charge is 0.463 e. The number of thiazole rings is 1. The van der Waals surface area contributed by atoms with Gasteiger partial charge in [-0.3, -0.25) is 14.2 Å². The van der Waals surface area contributed by atoms with E-state index in [1.54, 1.807) is 61.0 Å². The zero-order valence-electron chi connectivity index (χ0n) is 24.6. The van der Waals surface area contributed by atoms with Crippen molar-refractivity contribution in [3.05, 3.63) is 132 Å². The van der Waals surface area contributed by atoms with Crippen LogP contribution in [0.2, 0.25) is 5.02 Å². The van der Waals surface area contributed by atoms with Crippen LogP contribution < -0.4 is 19.6 Å². The molecule has 6 rings (SSSR count). The maximum absolute atomic E-state index is 14.2. The minimum atomic E-state index is -0.809. The lowest BCUT2D eigenvalue weighted by atomic mass is 9.96. The number of carbonyl (C=O) groups excluding carboxylic acids is 2. The highest BCUT2D eigenvalue weighted by Crippen LogP contribution is 2.32. The molecule has 3 aromatic carbocycles. The van der Waals surface area contributed by atoms with E-state index in [2.05, 4.69) is 4.99 Å². The minimum Gasteiger partial charge on any atom is -0.463 e. The summed E-state index contributed by atoms with van der Waals surface area (Å²) in [7, 11) is 0. The molecule has 9 nitrogen and oxygen atoms in total. The number of benzene rings is 3. The highest BCUT2D eigenvalue weighted by molar-refractivity contribution is 7.07. The monoisotopic (exact) mass is 638 g/mol. The van der Waals surface area contributed by atoms with Crippen molar-refractivity contribution in [1.29, 1.82) is 0 Å². The van der Waals surface area contributed by atoms with E-state index in [0.717, 1.165) is 16.8 Å². The molecule has 0 amide bonds. The molecule has 0 aliphatic carbocycles. The number of rotatable bonds is 7. The molecule has 1 atom stereocenters. The topological polar surface area (TPSA) is 105 Å². The van der Waals surface area contributed by atoms with Gasteiger partial charge in [-0.25, -0.2) is 14.5 Å². The van der Waals surface area contributed by atoms with Crippen molar-refractivity contribution >= 4 is 41.0 Å². The van der Waals surface area contributed by atoms with E-state index < -0.39 is 18.0 Å². The average Bonchev–Trinajstić information content (AvgIpc) is 3.58.